The number of carbonyl (C=O) groups excluding carboxylic acids is 6. The highest BCUT2D eigenvalue weighted by Gasteiger charge is 2.37. The van der Waals surface area contributed by atoms with Crippen molar-refractivity contribution in [3.8, 4) is 0 Å². The number of amides is 6. The molecule has 0 aromatic carbocycles. The first-order valence-electron chi connectivity index (χ1n) is 15.5. The lowest BCUT2D eigenvalue weighted by atomic mass is 9.86. The second kappa shape index (κ2) is 21.4. The van der Waals surface area contributed by atoms with E-state index in [0.717, 1.165) is 34.1 Å². The van der Waals surface area contributed by atoms with Crippen LogP contribution in [0.25, 0.3) is 0 Å². The van der Waals surface area contributed by atoms with Gasteiger partial charge in [0, 0.05) is 55.2 Å². The van der Waals surface area contributed by atoms with Gasteiger partial charge in [-0.25, -0.2) is 0 Å². The maximum Gasteiger partial charge on any atom is 0.305 e. The normalized spacial score (nSPS) is 14.5. The van der Waals surface area contributed by atoms with Crippen LogP contribution in [0.1, 0.15) is 32.6 Å². The van der Waals surface area contributed by atoms with Gasteiger partial charge in [0.25, 0.3) is 23.6 Å². The summed E-state index contributed by atoms with van der Waals surface area (Å²) in [5.41, 5.74) is -0.802. The lowest BCUT2D eigenvalue weighted by Gasteiger charge is -2.38. The SMILES string of the molecule is C=C(/C=C\C)N(C=O)CCC(CCN1C(=O)C=CC1=O)(CCN1C(=O)C=CC1=O)NC(=O)COCCOCCOCCOCCC(=O)O. The number of nitrogens with zero attached hydrogens (tertiary/aromatic N) is 3. The number of carboxylic acid groups (broad SMARTS) is 1. The number of carboxylic acids is 1. The average Bonchev–Trinajstić information content (AvgIpc) is 3.55. The summed E-state index contributed by atoms with van der Waals surface area (Å²) in [5.74, 6) is -3.52. The molecule has 0 aromatic heterocycles. The Morgan fingerprint density at radius 2 is 1.27 bits per heavy atom. The van der Waals surface area contributed by atoms with Gasteiger partial charge in [0.2, 0.25) is 12.3 Å². The van der Waals surface area contributed by atoms with E-state index in [2.05, 4.69) is 11.9 Å². The number of imide groups is 2. The highest BCUT2D eigenvalue weighted by Crippen LogP contribution is 2.25. The van der Waals surface area contributed by atoms with Gasteiger partial charge in [-0.2, -0.15) is 0 Å². The smallest absolute Gasteiger partial charge is 0.305 e. The molecular formula is C32H44N4O12. The Kier molecular flexibility index (Phi) is 17.7. The predicted molar refractivity (Wildman–Crippen MR) is 169 cm³/mol. The number of aliphatic carboxylic acids is 1. The van der Waals surface area contributed by atoms with Crippen LogP contribution in [-0.4, -0.2) is 140 Å². The van der Waals surface area contributed by atoms with Crippen LogP contribution in [0, 0.1) is 0 Å². The van der Waals surface area contributed by atoms with Gasteiger partial charge in [0.15, 0.2) is 0 Å². The quantitative estimate of drug-likeness (QED) is 0.0510. The molecule has 0 fully saturated rings. The van der Waals surface area contributed by atoms with Crippen LogP contribution >= 0.6 is 0 Å². The van der Waals surface area contributed by atoms with Crippen LogP contribution in [0.2, 0.25) is 0 Å². The van der Waals surface area contributed by atoms with Crippen molar-refractivity contribution in [2.24, 2.45) is 0 Å². The summed E-state index contributed by atoms with van der Waals surface area (Å²) >= 11 is 0. The fourth-order valence-electron chi connectivity index (χ4n) is 4.72. The summed E-state index contributed by atoms with van der Waals surface area (Å²) < 4.78 is 21.3. The zero-order valence-corrected chi connectivity index (χ0v) is 27.1. The van der Waals surface area contributed by atoms with Gasteiger partial charge in [0.05, 0.1) is 52.7 Å². The van der Waals surface area contributed by atoms with Crippen molar-refractivity contribution in [1.29, 1.82) is 0 Å². The first-order valence-corrected chi connectivity index (χ1v) is 15.5. The molecule has 0 aromatic rings. The zero-order valence-electron chi connectivity index (χ0n) is 27.1. The second-order valence-corrected chi connectivity index (χ2v) is 10.7. The molecule has 16 heteroatoms. The molecular weight excluding hydrogens is 632 g/mol. The van der Waals surface area contributed by atoms with Crippen molar-refractivity contribution < 1.29 is 57.6 Å². The van der Waals surface area contributed by atoms with E-state index in [0.29, 0.717) is 12.1 Å². The number of rotatable bonds is 27. The predicted octanol–water partition coefficient (Wildman–Crippen LogP) is -0.0490. The Morgan fingerprint density at radius 1 is 0.812 bits per heavy atom. The van der Waals surface area contributed by atoms with Crippen LogP contribution in [0.4, 0.5) is 0 Å². The topological polar surface area (TPSA) is 198 Å². The van der Waals surface area contributed by atoms with Crippen LogP contribution in [-0.2, 0) is 52.5 Å². The Bertz CT molecular complexity index is 1180. The maximum atomic E-state index is 13.2. The van der Waals surface area contributed by atoms with E-state index in [1.807, 2.05) is 0 Å². The summed E-state index contributed by atoms with van der Waals surface area (Å²) in [6, 6.07) is 0. The standard InChI is InChI=1S/C32H44N4O12/c1-3-4-25(2)34(24-37)13-10-32(11-14-35-27(39)5-6-28(35)40,12-15-36-29(41)7-8-30(36)42)33-26(38)23-48-22-21-47-20-19-46-18-17-45-16-9-31(43)44/h3-8,24H,2,9-23H2,1H3,(H,33,38)(H,43,44)/b4-3-. The van der Waals surface area contributed by atoms with Crippen molar-refractivity contribution in [2.75, 3.05) is 72.5 Å². The van der Waals surface area contributed by atoms with E-state index in [-0.39, 0.29) is 98.2 Å². The van der Waals surface area contributed by atoms with Crippen molar-refractivity contribution in [2.45, 2.75) is 38.1 Å². The van der Waals surface area contributed by atoms with E-state index >= 15 is 0 Å². The number of hydrogen-bond acceptors (Lipinski definition) is 11. The number of allylic oxidation sites excluding steroid dienone is 2. The average molecular weight is 677 g/mol. The minimum absolute atomic E-state index is 0.0536. The summed E-state index contributed by atoms with van der Waals surface area (Å²) in [7, 11) is 0. The highest BCUT2D eigenvalue weighted by molar-refractivity contribution is 6.13. The van der Waals surface area contributed by atoms with Gasteiger partial charge in [-0.3, -0.25) is 43.4 Å². The molecule has 2 aliphatic rings. The monoisotopic (exact) mass is 676 g/mol. The molecule has 0 atom stereocenters. The summed E-state index contributed by atoms with van der Waals surface area (Å²) in [4.78, 5) is 88.1. The fraction of sp³-hybridized carbons (Fsp3) is 0.531. The Balaban J connectivity index is 2.00. The van der Waals surface area contributed by atoms with Gasteiger partial charge in [0.1, 0.15) is 6.61 Å². The summed E-state index contributed by atoms with van der Waals surface area (Å²) in [5, 5.41) is 11.5. The Labute approximate surface area is 278 Å². The van der Waals surface area contributed by atoms with Crippen molar-refractivity contribution in [3.05, 3.63) is 48.7 Å². The minimum atomic E-state index is -1.20. The molecule has 0 saturated carbocycles. The van der Waals surface area contributed by atoms with Crippen LogP contribution < -0.4 is 5.32 Å². The third-order valence-corrected chi connectivity index (χ3v) is 7.33. The molecule has 264 valence electrons. The minimum Gasteiger partial charge on any atom is -0.481 e. The number of ether oxygens (including phenoxy) is 4. The van der Waals surface area contributed by atoms with Gasteiger partial charge in [-0.05, 0) is 32.3 Å². The molecule has 0 radical (unpaired) electrons. The first kappa shape index (κ1) is 39.7. The molecule has 0 spiro atoms. The molecule has 16 nitrogen and oxygen atoms in total. The summed E-state index contributed by atoms with van der Waals surface area (Å²) in [6.45, 7) is 6.62. The third-order valence-electron chi connectivity index (χ3n) is 7.33. The van der Waals surface area contributed by atoms with Gasteiger partial charge >= 0.3 is 5.97 Å². The lowest BCUT2D eigenvalue weighted by molar-refractivity contribution is -0.139. The van der Waals surface area contributed by atoms with E-state index < -0.39 is 41.0 Å². The fourth-order valence-corrected chi connectivity index (χ4v) is 4.72. The molecule has 6 amide bonds. The largest absolute Gasteiger partial charge is 0.481 e. The Hall–Kier alpha value is -4.51. The highest BCUT2D eigenvalue weighted by atomic mass is 16.6. The Morgan fingerprint density at radius 3 is 1.71 bits per heavy atom. The van der Waals surface area contributed by atoms with E-state index in [1.165, 1.54) is 4.90 Å². The third kappa shape index (κ3) is 14.1. The maximum absolute atomic E-state index is 13.2. The van der Waals surface area contributed by atoms with Crippen LogP contribution in [0.5, 0.6) is 0 Å². The number of hydrogen-bond donors (Lipinski definition) is 2. The van der Waals surface area contributed by atoms with Gasteiger partial charge < -0.3 is 34.3 Å². The van der Waals surface area contributed by atoms with Crippen LogP contribution in [0.15, 0.2) is 48.7 Å². The first-order chi connectivity index (χ1) is 23.0. The molecule has 2 heterocycles. The van der Waals surface area contributed by atoms with Crippen molar-refractivity contribution in [3.63, 3.8) is 0 Å². The van der Waals surface area contributed by atoms with Gasteiger partial charge in [-0.1, -0.05) is 12.7 Å². The molecule has 2 rings (SSSR count). The molecule has 0 unspecified atom stereocenters. The zero-order chi connectivity index (χ0) is 35.4. The van der Waals surface area contributed by atoms with Crippen molar-refractivity contribution in [1.82, 2.24) is 20.0 Å². The second-order valence-electron chi connectivity index (χ2n) is 10.7. The lowest BCUT2D eigenvalue weighted by Crippen LogP contribution is -2.55. The molecule has 2 aliphatic heterocycles. The van der Waals surface area contributed by atoms with Gasteiger partial charge in [-0.15, -0.1) is 0 Å². The van der Waals surface area contributed by atoms with Crippen LogP contribution in [0.3, 0.4) is 0 Å². The van der Waals surface area contributed by atoms with Crippen molar-refractivity contribution >= 4 is 41.9 Å². The molecule has 0 aliphatic carbocycles. The number of nitrogens with one attached hydrogen (secondary N) is 1. The molecule has 0 saturated heterocycles. The number of carbonyl (C=O) groups is 7. The van der Waals surface area contributed by atoms with E-state index in [1.54, 1.807) is 19.1 Å². The molecule has 2 N–H and O–H groups in total. The molecule has 48 heavy (non-hydrogen) atoms. The summed E-state index contributed by atoms with van der Waals surface area (Å²) in [6.07, 6.45) is 8.67. The van der Waals surface area contributed by atoms with E-state index in [4.69, 9.17) is 24.1 Å². The molecule has 0 bridgehead atoms. The van der Waals surface area contributed by atoms with E-state index in [9.17, 15) is 33.6 Å².